The molecule has 0 bridgehead atoms. The molecule has 1 amide bonds. The summed E-state index contributed by atoms with van der Waals surface area (Å²) >= 11 is 1.81. The van der Waals surface area contributed by atoms with E-state index in [4.69, 9.17) is 5.10 Å². The lowest BCUT2D eigenvalue weighted by Gasteiger charge is -2.32. The molecule has 0 spiro atoms. The van der Waals surface area contributed by atoms with Crippen molar-refractivity contribution < 1.29 is 4.79 Å². The summed E-state index contributed by atoms with van der Waals surface area (Å²) < 4.78 is 1.99. The fraction of sp³-hybridized carbons (Fsp3) is 0.545. The lowest BCUT2D eigenvalue weighted by atomic mass is 9.91. The van der Waals surface area contributed by atoms with Gasteiger partial charge in [0.15, 0.2) is 5.69 Å². The highest BCUT2D eigenvalue weighted by Crippen LogP contribution is 2.26. The summed E-state index contributed by atoms with van der Waals surface area (Å²) in [6, 6.07) is 4.71. The van der Waals surface area contributed by atoms with Crippen LogP contribution in [0, 0.1) is 0 Å². The highest BCUT2D eigenvalue weighted by molar-refractivity contribution is 7.09. The second-order valence-corrected chi connectivity index (χ2v) is 9.10. The van der Waals surface area contributed by atoms with Gasteiger partial charge in [0.05, 0.1) is 6.54 Å². The van der Waals surface area contributed by atoms with Crippen LogP contribution >= 0.6 is 11.3 Å². The summed E-state index contributed by atoms with van der Waals surface area (Å²) in [6.07, 6.45) is 5.85. The minimum atomic E-state index is 0.0939. The number of aromatic nitrogens is 2. The molecule has 156 valence electrons. The quantitative estimate of drug-likeness (QED) is 0.707. The fourth-order valence-corrected chi connectivity index (χ4v) is 5.03. The van der Waals surface area contributed by atoms with Crippen molar-refractivity contribution in [3.05, 3.63) is 52.0 Å². The van der Waals surface area contributed by atoms with Crippen molar-refractivity contribution in [3.8, 4) is 0 Å². The monoisotopic (exact) mass is 413 g/mol. The van der Waals surface area contributed by atoms with Crippen LogP contribution in [0.15, 0.2) is 30.2 Å². The first-order chi connectivity index (χ1) is 14.2. The Bertz CT molecular complexity index is 836. The molecule has 6 nitrogen and oxygen atoms in total. The van der Waals surface area contributed by atoms with Gasteiger partial charge in [0, 0.05) is 54.9 Å². The highest BCUT2D eigenvalue weighted by Gasteiger charge is 2.31. The average molecular weight is 414 g/mol. The number of carbonyl (C=O) groups is 1. The van der Waals surface area contributed by atoms with E-state index in [-0.39, 0.29) is 5.91 Å². The zero-order chi connectivity index (χ0) is 20.2. The molecule has 1 N–H and O–H groups in total. The van der Waals surface area contributed by atoms with Crippen LogP contribution in [0.5, 0.6) is 0 Å². The third-order valence-corrected chi connectivity index (χ3v) is 6.96. The number of nitrogens with one attached hydrogen (secondary N) is 1. The number of rotatable bonds is 7. The Morgan fingerprint density at radius 2 is 2.21 bits per heavy atom. The van der Waals surface area contributed by atoms with Crippen LogP contribution in [-0.2, 0) is 25.8 Å². The highest BCUT2D eigenvalue weighted by atomic mass is 32.1. The van der Waals surface area contributed by atoms with Crippen LogP contribution < -0.4 is 5.32 Å². The molecule has 1 aliphatic carbocycles. The fourth-order valence-electron chi connectivity index (χ4n) is 4.32. The van der Waals surface area contributed by atoms with Gasteiger partial charge >= 0.3 is 0 Å². The molecule has 1 atom stereocenters. The molecule has 1 unspecified atom stereocenters. The minimum Gasteiger partial charge on any atom is -0.335 e. The Morgan fingerprint density at radius 3 is 2.93 bits per heavy atom. The number of amides is 1. The molecule has 1 aliphatic heterocycles. The zero-order valence-corrected chi connectivity index (χ0v) is 18.1. The number of fused-ring (bicyclic) bond motifs is 1. The van der Waals surface area contributed by atoms with E-state index >= 15 is 0 Å². The van der Waals surface area contributed by atoms with Gasteiger partial charge in [-0.05, 0) is 44.2 Å². The SMILES string of the molecule is C=CCn1nc(C(=O)N2CCN(C)CC2)c2c1CCC(NCCc1cccs1)C2. The van der Waals surface area contributed by atoms with Crippen LogP contribution in [0.2, 0.25) is 0 Å². The van der Waals surface area contributed by atoms with E-state index in [2.05, 4.69) is 41.4 Å². The number of piperazine rings is 1. The van der Waals surface area contributed by atoms with Gasteiger partial charge in [0.25, 0.3) is 5.91 Å². The summed E-state index contributed by atoms with van der Waals surface area (Å²) in [5.74, 6) is 0.0939. The third-order valence-electron chi connectivity index (χ3n) is 6.03. The van der Waals surface area contributed by atoms with Crippen molar-refractivity contribution in [2.45, 2.75) is 38.3 Å². The maximum absolute atomic E-state index is 13.3. The summed E-state index contributed by atoms with van der Waals surface area (Å²) in [4.78, 5) is 18.9. The van der Waals surface area contributed by atoms with Gasteiger partial charge in [-0.2, -0.15) is 5.10 Å². The molecule has 3 heterocycles. The first-order valence-electron chi connectivity index (χ1n) is 10.6. The second-order valence-electron chi connectivity index (χ2n) is 8.06. The van der Waals surface area contributed by atoms with Crippen molar-refractivity contribution in [1.29, 1.82) is 0 Å². The molecular formula is C22H31N5OS. The smallest absolute Gasteiger partial charge is 0.274 e. The number of hydrogen-bond donors (Lipinski definition) is 1. The summed E-state index contributed by atoms with van der Waals surface area (Å²) in [5, 5.41) is 10.6. The Hall–Kier alpha value is -1.96. The van der Waals surface area contributed by atoms with E-state index < -0.39 is 0 Å². The van der Waals surface area contributed by atoms with Crippen molar-refractivity contribution in [2.75, 3.05) is 39.8 Å². The van der Waals surface area contributed by atoms with E-state index in [9.17, 15) is 4.79 Å². The van der Waals surface area contributed by atoms with Gasteiger partial charge in [-0.15, -0.1) is 17.9 Å². The van der Waals surface area contributed by atoms with Gasteiger partial charge in [-0.1, -0.05) is 12.1 Å². The Balaban J connectivity index is 1.47. The Kier molecular flexibility index (Phi) is 6.47. The summed E-state index contributed by atoms with van der Waals surface area (Å²) in [5.41, 5.74) is 3.03. The molecule has 4 rings (SSSR count). The molecular weight excluding hydrogens is 382 g/mol. The lowest BCUT2D eigenvalue weighted by molar-refractivity contribution is 0.0656. The number of allylic oxidation sites excluding steroid dienone is 1. The molecule has 0 saturated carbocycles. The lowest BCUT2D eigenvalue weighted by Crippen LogP contribution is -2.47. The first-order valence-corrected chi connectivity index (χ1v) is 11.5. The predicted molar refractivity (Wildman–Crippen MR) is 118 cm³/mol. The van der Waals surface area contributed by atoms with Gasteiger partial charge < -0.3 is 15.1 Å². The maximum atomic E-state index is 13.3. The minimum absolute atomic E-state index is 0.0939. The van der Waals surface area contributed by atoms with Gasteiger partial charge in [-0.25, -0.2) is 0 Å². The first kappa shape index (κ1) is 20.3. The number of likely N-dealkylation sites (N-methyl/N-ethyl adjacent to an activating group) is 1. The van der Waals surface area contributed by atoms with Gasteiger partial charge in [-0.3, -0.25) is 9.48 Å². The largest absolute Gasteiger partial charge is 0.335 e. The van der Waals surface area contributed by atoms with Crippen molar-refractivity contribution in [2.24, 2.45) is 0 Å². The van der Waals surface area contributed by atoms with Crippen molar-refractivity contribution in [1.82, 2.24) is 24.9 Å². The molecule has 0 radical (unpaired) electrons. The molecule has 0 aromatic carbocycles. The van der Waals surface area contributed by atoms with Crippen molar-refractivity contribution in [3.63, 3.8) is 0 Å². The molecule has 2 aromatic heterocycles. The number of hydrogen-bond acceptors (Lipinski definition) is 5. The van der Waals surface area contributed by atoms with E-state index in [0.29, 0.717) is 18.3 Å². The molecule has 2 aromatic rings. The van der Waals surface area contributed by atoms with Gasteiger partial charge in [0.1, 0.15) is 0 Å². The number of nitrogens with zero attached hydrogens (tertiary/aromatic N) is 4. The zero-order valence-electron chi connectivity index (χ0n) is 17.3. The molecule has 7 heteroatoms. The second kappa shape index (κ2) is 9.24. The van der Waals surface area contributed by atoms with E-state index in [1.807, 2.05) is 27.0 Å². The molecule has 1 saturated heterocycles. The maximum Gasteiger partial charge on any atom is 0.274 e. The van der Waals surface area contributed by atoms with Crippen LogP contribution in [0.4, 0.5) is 0 Å². The van der Waals surface area contributed by atoms with Crippen molar-refractivity contribution >= 4 is 17.2 Å². The molecule has 2 aliphatic rings. The Labute approximate surface area is 177 Å². The Morgan fingerprint density at radius 1 is 1.38 bits per heavy atom. The topological polar surface area (TPSA) is 53.4 Å². The van der Waals surface area contributed by atoms with E-state index in [0.717, 1.165) is 64.0 Å². The molecule has 1 fully saturated rings. The number of thiophene rings is 1. The van der Waals surface area contributed by atoms with Crippen LogP contribution in [0.25, 0.3) is 0 Å². The van der Waals surface area contributed by atoms with Crippen LogP contribution in [-0.4, -0.2) is 71.3 Å². The van der Waals surface area contributed by atoms with Gasteiger partial charge in [0.2, 0.25) is 0 Å². The predicted octanol–water partition coefficient (Wildman–Crippen LogP) is 2.21. The third kappa shape index (κ3) is 4.63. The summed E-state index contributed by atoms with van der Waals surface area (Å²) in [6.45, 7) is 8.91. The normalized spacial score (nSPS) is 19.9. The standard InChI is InChI=1S/C22H31N5OS/c1-3-10-27-20-7-6-17(23-9-8-18-5-4-15-29-18)16-19(20)21(24-27)22(28)26-13-11-25(2)12-14-26/h3-5,15,17,23H,1,6-14,16H2,2H3. The van der Waals surface area contributed by atoms with E-state index in [1.165, 1.54) is 10.6 Å². The average Bonchev–Trinajstić information content (AvgIpc) is 3.37. The van der Waals surface area contributed by atoms with E-state index in [1.54, 1.807) is 0 Å². The molecule has 29 heavy (non-hydrogen) atoms. The number of carbonyl (C=O) groups excluding carboxylic acids is 1. The summed E-state index contributed by atoms with van der Waals surface area (Å²) in [7, 11) is 2.11. The van der Waals surface area contributed by atoms with Crippen LogP contribution in [0.3, 0.4) is 0 Å². The van der Waals surface area contributed by atoms with Crippen LogP contribution in [0.1, 0.15) is 33.0 Å².